The summed E-state index contributed by atoms with van der Waals surface area (Å²) in [7, 11) is 0. The number of alkyl halides is 1. The maximum Gasteiger partial charge on any atom is 0.319 e. The van der Waals surface area contributed by atoms with Gasteiger partial charge in [0, 0.05) is 32.6 Å². The highest BCUT2D eigenvalue weighted by atomic mass is 19.1. The van der Waals surface area contributed by atoms with Crippen LogP contribution < -0.4 is 14.4 Å². The highest BCUT2D eigenvalue weighted by Crippen LogP contribution is 2.59. The molecule has 1 amide bonds. The lowest BCUT2D eigenvalue weighted by Crippen LogP contribution is -2.55. The molecule has 49 heavy (non-hydrogen) atoms. The number of fused-ring (bicyclic) bond motifs is 5. The van der Waals surface area contributed by atoms with E-state index in [0.717, 1.165) is 44.2 Å². The first-order chi connectivity index (χ1) is 23.9. The van der Waals surface area contributed by atoms with Crippen molar-refractivity contribution in [1.29, 1.82) is 5.26 Å². The second-order valence-corrected chi connectivity index (χ2v) is 14.9. The zero-order valence-electron chi connectivity index (χ0n) is 27.6. The molecule has 254 valence electrons. The van der Waals surface area contributed by atoms with Crippen LogP contribution in [0.15, 0.2) is 36.9 Å². The fraction of sp³-hybridized carbons (Fsp3) is 0.526. The SMILES string of the molecule is C=CC(=O)N1CCN(c2nc(OC[C@@]34CCCN3C[C@H](F)C4)nc3c(OC4CC4)c(-c4cccc5c4C[C@@H]4C[C@H]54)c(O)cc23)C[C@@H]1CC#N. The number of aromatic hydroxyl groups is 1. The first kappa shape index (κ1) is 30.6. The Morgan fingerprint density at radius 2 is 2.10 bits per heavy atom. The summed E-state index contributed by atoms with van der Waals surface area (Å²) < 4.78 is 27.8. The molecule has 3 saturated heterocycles. The van der Waals surface area contributed by atoms with E-state index in [0.29, 0.717) is 72.5 Å². The minimum Gasteiger partial charge on any atom is -0.507 e. The van der Waals surface area contributed by atoms with Crippen molar-refractivity contribution in [3.63, 3.8) is 0 Å². The van der Waals surface area contributed by atoms with E-state index in [2.05, 4.69) is 35.7 Å². The number of piperazine rings is 1. The summed E-state index contributed by atoms with van der Waals surface area (Å²) in [6.45, 7) is 6.39. The third kappa shape index (κ3) is 5.18. The lowest BCUT2D eigenvalue weighted by molar-refractivity contribution is -0.128. The molecule has 3 aromatic rings. The maximum atomic E-state index is 14.7. The Labute approximate surface area is 285 Å². The molecule has 10 nitrogen and oxygen atoms in total. The fourth-order valence-electron chi connectivity index (χ4n) is 9.13. The second-order valence-electron chi connectivity index (χ2n) is 14.9. The number of benzene rings is 2. The number of aromatic nitrogens is 2. The van der Waals surface area contributed by atoms with Crippen LogP contribution in [0.4, 0.5) is 10.2 Å². The van der Waals surface area contributed by atoms with Gasteiger partial charge in [-0.25, -0.2) is 4.39 Å². The van der Waals surface area contributed by atoms with Crippen molar-refractivity contribution in [3.05, 3.63) is 48.0 Å². The van der Waals surface area contributed by atoms with Crippen LogP contribution in [0.1, 0.15) is 62.0 Å². The van der Waals surface area contributed by atoms with Gasteiger partial charge in [0.05, 0.1) is 41.1 Å². The topological polar surface area (TPSA) is 115 Å². The normalized spacial score (nSPS) is 28.6. The molecule has 1 aromatic heterocycles. The predicted octanol–water partition coefficient (Wildman–Crippen LogP) is 5.28. The number of hydrogen-bond acceptors (Lipinski definition) is 9. The molecule has 0 radical (unpaired) electrons. The molecule has 4 heterocycles. The summed E-state index contributed by atoms with van der Waals surface area (Å²) in [5, 5.41) is 22.2. The van der Waals surface area contributed by atoms with Gasteiger partial charge in [-0.2, -0.15) is 15.2 Å². The van der Waals surface area contributed by atoms with E-state index in [1.54, 1.807) is 11.0 Å². The fourth-order valence-corrected chi connectivity index (χ4v) is 9.13. The smallest absolute Gasteiger partial charge is 0.319 e. The van der Waals surface area contributed by atoms with Gasteiger partial charge in [-0.1, -0.05) is 24.8 Å². The number of phenolic OH excluding ortho intramolecular Hbond substituents is 1. The van der Waals surface area contributed by atoms with Gasteiger partial charge in [0.25, 0.3) is 0 Å². The lowest BCUT2D eigenvalue weighted by atomic mass is 9.92. The molecule has 5 atom stereocenters. The number of halogens is 1. The molecule has 0 bridgehead atoms. The Kier molecular flexibility index (Phi) is 7.24. The zero-order chi connectivity index (χ0) is 33.4. The van der Waals surface area contributed by atoms with Crippen molar-refractivity contribution >= 4 is 22.6 Å². The van der Waals surface area contributed by atoms with Gasteiger partial charge in [-0.05, 0) is 85.7 Å². The molecule has 6 aliphatic rings. The standard InChI is InChI=1S/C38H41FN6O4/c1-2-32(47)45-14-13-43(20-24(45)9-11-40)36-30-17-31(46)33(27-6-3-5-26-28-15-22(28)16-29(26)27)35(49-25-7-8-25)34(30)41-37(42-36)48-21-38-10-4-12-44(38)19-23(39)18-38/h2-3,5-6,17,22-25,28,46H,1,4,7-10,12-16,18-21H2/t22-,23+,24-,28-,38-/m0/s1. The Bertz CT molecular complexity index is 1910. The van der Waals surface area contributed by atoms with Crippen molar-refractivity contribution in [2.45, 2.75) is 81.1 Å². The third-order valence-corrected chi connectivity index (χ3v) is 11.8. The van der Waals surface area contributed by atoms with Crippen LogP contribution in [-0.4, -0.2) is 94.0 Å². The number of hydrogen-bond donors (Lipinski definition) is 1. The Morgan fingerprint density at radius 1 is 1.22 bits per heavy atom. The highest BCUT2D eigenvalue weighted by molar-refractivity contribution is 6.02. The van der Waals surface area contributed by atoms with Crippen LogP contribution in [-0.2, 0) is 11.2 Å². The van der Waals surface area contributed by atoms with E-state index in [4.69, 9.17) is 19.4 Å². The van der Waals surface area contributed by atoms with Gasteiger partial charge in [0.2, 0.25) is 5.91 Å². The van der Waals surface area contributed by atoms with E-state index in [1.165, 1.54) is 23.6 Å². The average Bonchev–Trinajstić information content (AvgIpc) is 3.98. The van der Waals surface area contributed by atoms with E-state index in [9.17, 15) is 19.6 Å². The van der Waals surface area contributed by atoms with E-state index < -0.39 is 6.17 Å². The van der Waals surface area contributed by atoms with Crippen LogP contribution in [0.3, 0.4) is 0 Å². The van der Waals surface area contributed by atoms with Gasteiger partial charge in [-0.3, -0.25) is 9.69 Å². The number of carbonyl (C=O) groups is 1. The number of nitrogens with zero attached hydrogens (tertiary/aromatic N) is 6. The maximum absolute atomic E-state index is 14.7. The molecule has 2 saturated carbocycles. The number of amides is 1. The molecular formula is C38H41FN6O4. The minimum atomic E-state index is -0.883. The van der Waals surface area contributed by atoms with E-state index in [-0.39, 0.29) is 48.4 Å². The highest BCUT2D eigenvalue weighted by Gasteiger charge is 2.50. The van der Waals surface area contributed by atoms with E-state index in [1.807, 2.05) is 4.90 Å². The molecule has 2 aromatic carbocycles. The van der Waals surface area contributed by atoms with Gasteiger partial charge in [0.15, 0.2) is 5.75 Å². The average molecular weight is 665 g/mol. The molecule has 11 heteroatoms. The van der Waals surface area contributed by atoms with Crippen molar-refractivity contribution in [3.8, 4) is 34.7 Å². The second kappa shape index (κ2) is 11.6. The van der Waals surface area contributed by atoms with Crippen molar-refractivity contribution in [2.75, 3.05) is 44.2 Å². The lowest BCUT2D eigenvalue weighted by Gasteiger charge is -2.41. The number of carbonyl (C=O) groups excluding carboxylic acids is 1. The van der Waals surface area contributed by atoms with Gasteiger partial charge in [-0.15, -0.1) is 0 Å². The Hall–Kier alpha value is -4.43. The van der Waals surface area contributed by atoms with Crippen LogP contribution in [0, 0.1) is 17.2 Å². The van der Waals surface area contributed by atoms with Gasteiger partial charge >= 0.3 is 6.01 Å². The molecule has 0 spiro atoms. The number of rotatable bonds is 9. The zero-order valence-corrected chi connectivity index (χ0v) is 27.6. The number of phenols is 1. The summed E-state index contributed by atoms with van der Waals surface area (Å²) in [5.41, 5.74) is 4.44. The predicted molar refractivity (Wildman–Crippen MR) is 182 cm³/mol. The summed E-state index contributed by atoms with van der Waals surface area (Å²) in [6.07, 6.45) is 6.92. The number of nitriles is 1. The molecular weight excluding hydrogens is 623 g/mol. The minimum absolute atomic E-state index is 0.0241. The molecule has 1 N–H and O–H groups in total. The molecule has 9 rings (SSSR count). The van der Waals surface area contributed by atoms with Crippen molar-refractivity contribution in [1.82, 2.24) is 19.8 Å². The first-order valence-electron chi connectivity index (χ1n) is 17.8. The number of anilines is 1. The summed E-state index contributed by atoms with van der Waals surface area (Å²) in [6, 6.07) is 10.1. The van der Waals surface area contributed by atoms with Crippen molar-refractivity contribution < 1.29 is 23.8 Å². The van der Waals surface area contributed by atoms with Crippen LogP contribution in [0.2, 0.25) is 0 Å². The Balaban J connectivity index is 1.18. The van der Waals surface area contributed by atoms with Crippen LogP contribution >= 0.6 is 0 Å². The summed E-state index contributed by atoms with van der Waals surface area (Å²) >= 11 is 0. The van der Waals surface area contributed by atoms with Crippen LogP contribution in [0.5, 0.6) is 17.5 Å². The molecule has 3 aliphatic carbocycles. The van der Waals surface area contributed by atoms with E-state index >= 15 is 0 Å². The molecule has 3 aliphatic heterocycles. The van der Waals surface area contributed by atoms with Gasteiger partial charge < -0.3 is 24.4 Å². The summed E-state index contributed by atoms with van der Waals surface area (Å²) in [5.74, 6) is 2.23. The number of ether oxygens (including phenoxy) is 2. The largest absolute Gasteiger partial charge is 0.507 e. The molecule has 5 fully saturated rings. The first-order valence-corrected chi connectivity index (χ1v) is 17.8. The Morgan fingerprint density at radius 3 is 2.92 bits per heavy atom. The third-order valence-electron chi connectivity index (χ3n) is 11.8. The molecule has 0 unspecified atom stereocenters. The quantitative estimate of drug-likeness (QED) is 0.306. The van der Waals surface area contributed by atoms with Crippen molar-refractivity contribution in [2.24, 2.45) is 5.92 Å². The van der Waals surface area contributed by atoms with Gasteiger partial charge in [0.1, 0.15) is 29.9 Å². The monoisotopic (exact) mass is 664 g/mol. The summed E-state index contributed by atoms with van der Waals surface area (Å²) in [4.78, 5) is 28.6. The van der Waals surface area contributed by atoms with Crippen LogP contribution in [0.25, 0.3) is 22.0 Å².